The summed E-state index contributed by atoms with van der Waals surface area (Å²) in [6.07, 6.45) is 2.91. The third kappa shape index (κ3) is 5.38. The summed E-state index contributed by atoms with van der Waals surface area (Å²) in [5.74, 6) is -0.250. The molecule has 0 radical (unpaired) electrons. The molecule has 6 nitrogen and oxygen atoms in total. The molecule has 6 heteroatoms. The first kappa shape index (κ1) is 18.0. The zero-order chi connectivity index (χ0) is 17.4. The molecule has 24 heavy (non-hydrogen) atoms. The molecular formula is C18H23NO5. The van der Waals surface area contributed by atoms with Crippen molar-refractivity contribution in [3.8, 4) is 5.75 Å². The van der Waals surface area contributed by atoms with Crippen molar-refractivity contribution in [1.29, 1.82) is 0 Å². The summed E-state index contributed by atoms with van der Waals surface area (Å²) in [7, 11) is 0. The molecule has 1 saturated heterocycles. The highest BCUT2D eigenvalue weighted by molar-refractivity contribution is 5.92. The van der Waals surface area contributed by atoms with Gasteiger partial charge in [-0.15, -0.1) is 6.58 Å². The van der Waals surface area contributed by atoms with E-state index in [0.717, 1.165) is 19.4 Å². The Morgan fingerprint density at radius 2 is 2.17 bits per heavy atom. The summed E-state index contributed by atoms with van der Waals surface area (Å²) >= 11 is 0. The van der Waals surface area contributed by atoms with Crippen molar-refractivity contribution < 1.29 is 23.8 Å². The minimum atomic E-state index is -0.868. The van der Waals surface area contributed by atoms with Gasteiger partial charge in [0.15, 0.2) is 6.10 Å². The lowest BCUT2D eigenvalue weighted by Gasteiger charge is -2.13. The zero-order valence-electron chi connectivity index (χ0n) is 13.8. The minimum absolute atomic E-state index is 0.143. The maximum atomic E-state index is 12.0. The summed E-state index contributed by atoms with van der Waals surface area (Å²) in [5.41, 5.74) is 0.364. The molecule has 0 saturated carbocycles. The van der Waals surface area contributed by atoms with Gasteiger partial charge in [-0.3, -0.25) is 4.79 Å². The summed E-state index contributed by atoms with van der Waals surface area (Å²) < 4.78 is 16.3. The maximum absolute atomic E-state index is 12.0. The van der Waals surface area contributed by atoms with E-state index in [2.05, 4.69) is 11.9 Å². The van der Waals surface area contributed by atoms with E-state index in [4.69, 9.17) is 14.2 Å². The second-order valence-corrected chi connectivity index (χ2v) is 5.55. The number of benzene rings is 1. The molecule has 0 spiro atoms. The fraction of sp³-hybridized carbons (Fsp3) is 0.444. The van der Waals surface area contributed by atoms with Crippen molar-refractivity contribution in [1.82, 2.24) is 5.32 Å². The second kappa shape index (κ2) is 9.08. The summed E-state index contributed by atoms with van der Waals surface area (Å²) in [5, 5.41) is 2.58. The van der Waals surface area contributed by atoms with Crippen LogP contribution in [0, 0.1) is 0 Å². The van der Waals surface area contributed by atoms with Gasteiger partial charge < -0.3 is 19.5 Å². The number of hydrogen-bond acceptors (Lipinski definition) is 5. The Kier molecular flexibility index (Phi) is 6.81. The van der Waals surface area contributed by atoms with E-state index >= 15 is 0 Å². The van der Waals surface area contributed by atoms with E-state index in [1.165, 1.54) is 6.92 Å². The van der Waals surface area contributed by atoms with Gasteiger partial charge in [0.25, 0.3) is 5.91 Å². The molecule has 1 aromatic rings. The van der Waals surface area contributed by atoms with Crippen LogP contribution in [0.5, 0.6) is 5.75 Å². The van der Waals surface area contributed by atoms with Crippen LogP contribution in [0.15, 0.2) is 36.9 Å². The molecule has 0 bridgehead atoms. The van der Waals surface area contributed by atoms with Crippen LogP contribution < -0.4 is 10.1 Å². The van der Waals surface area contributed by atoms with Gasteiger partial charge in [0.05, 0.1) is 11.7 Å². The van der Waals surface area contributed by atoms with Gasteiger partial charge >= 0.3 is 5.97 Å². The molecule has 2 atom stereocenters. The number of hydrogen-bond donors (Lipinski definition) is 1. The molecule has 1 heterocycles. The molecule has 1 fully saturated rings. The highest BCUT2D eigenvalue weighted by Crippen LogP contribution is 2.17. The highest BCUT2D eigenvalue weighted by atomic mass is 16.5. The second-order valence-electron chi connectivity index (χ2n) is 5.55. The van der Waals surface area contributed by atoms with Crippen molar-refractivity contribution in [3.05, 3.63) is 42.5 Å². The molecule has 1 N–H and O–H groups in total. The Hall–Kier alpha value is -2.34. The summed E-state index contributed by atoms with van der Waals surface area (Å²) in [6.45, 7) is 6.65. The number of amides is 1. The van der Waals surface area contributed by atoms with E-state index in [1.54, 1.807) is 30.3 Å². The van der Waals surface area contributed by atoms with Crippen LogP contribution in [-0.4, -0.2) is 43.8 Å². The van der Waals surface area contributed by atoms with Gasteiger partial charge in [-0.1, -0.05) is 6.08 Å². The SMILES string of the molecule is C=CCNC(=O)[C@@H](C)OC(=O)c1ccc(OC[C@@H]2CCCO2)cc1. The molecule has 0 aromatic heterocycles. The Morgan fingerprint density at radius 1 is 1.42 bits per heavy atom. The quantitative estimate of drug-likeness (QED) is 0.582. The van der Waals surface area contributed by atoms with Crippen LogP contribution in [0.25, 0.3) is 0 Å². The molecule has 0 unspecified atom stereocenters. The summed E-state index contributed by atoms with van der Waals surface area (Å²) in [6, 6.07) is 6.63. The molecule has 2 rings (SSSR count). The standard InChI is InChI=1S/C18H23NO5/c1-3-10-19-17(20)13(2)24-18(21)14-6-8-15(9-7-14)23-12-16-5-4-11-22-16/h3,6-9,13,16H,1,4-5,10-12H2,2H3,(H,19,20)/t13-,16+/m1/s1. The van der Waals surface area contributed by atoms with Gasteiger partial charge in [-0.05, 0) is 44.0 Å². The number of esters is 1. The molecule has 1 aliphatic heterocycles. The van der Waals surface area contributed by atoms with Gasteiger partial charge in [0.1, 0.15) is 12.4 Å². The first-order chi connectivity index (χ1) is 11.6. The van der Waals surface area contributed by atoms with E-state index in [9.17, 15) is 9.59 Å². The smallest absolute Gasteiger partial charge is 0.338 e. The average molecular weight is 333 g/mol. The predicted octanol–water partition coefficient (Wildman–Crippen LogP) is 2.09. The van der Waals surface area contributed by atoms with E-state index < -0.39 is 12.1 Å². The lowest BCUT2D eigenvalue weighted by molar-refractivity contribution is -0.128. The van der Waals surface area contributed by atoms with Gasteiger partial charge in [0.2, 0.25) is 0 Å². The molecule has 130 valence electrons. The van der Waals surface area contributed by atoms with Crippen LogP contribution in [-0.2, 0) is 14.3 Å². The molecule has 1 aromatic carbocycles. The van der Waals surface area contributed by atoms with E-state index in [0.29, 0.717) is 24.5 Å². The molecule has 1 amide bonds. The van der Waals surface area contributed by atoms with Crippen molar-refractivity contribution in [2.24, 2.45) is 0 Å². The van der Waals surface area contributed by atoms with Crippen molar-refractivity contribution in [2.45, 2.75) is 32.0 Å². The van der Waals surface area contributed by atoms with Crippen LogP contribution in [0.3, 0.4) is 0 Å². The minimum Gasteiger partial charge on any atom is -0.491 e. The van der Waals surface area contributed by atoms with Gasteiger partial charge in [-0.2, -0.15) is 0 Å². The Bertz CT molecular complexity index is 563. The molecule has 0 aliphatic carbocycles. The summed E-state index contributed by atoms with van der Waals surface area (Å²) in [4.78, 5) is 23.7. The van der Waals surface area contributed by atoms with Crippen LogP contribution >= 0.6 is 0 Å². The van der Waals surface area contributed by atoms with Crippen molar-refractivity contribution in [3.63, 3.8) is 0 Å². The number of nitrogens with one attached hydrogen (secondary N) is 1. The van der Waals surface area contributed by atoms with Crippen molar-refractivity contribution in [2.75, 3.05) is 19.8 Å². The van der Waals surface area contributed by atoms with E-state index in [1.807, 2.05) is 0 Å². The normalized spacial score (nSPS) is 17.8. The van der Waals surface area contributed by atoms with Gasteiger partial charge in [0, 0.05) is 13.2 Å². The third-order valence-electron chi connectivity index (χ3n) is 3.62. The number of rotatable bonds is 8. The Labute approximate surface area is 141 Å². The monoisotopic (exact) mass is 333 g/mol. The molecular weight excluding hydrogens is 310 g/mol. The Balaban J connectivity index is 1.81. The lowest BCUT2D eigenvalue weighted by atomic mass is 10.2. The topological polar surface area (TPSA) is 73.9 Å². The fourth-order valence-electron chi connectivity index (χ4n) is 2.25. The largest absolute Gasteiger partial charge is 0.491 e. The highest BCUT2D eigenvalue weighted by Gasteiger charge is 2.19. The third-order valence-corrected chi connectivity index (χ3v) is 3.62. The molecule has 1 aliphatic rings. The van der Waals surface area contributed by atoms with E-state index in [-0.39, 0.29) is 12.0 Å². The van der Waals surface area contributed by atoms with Crippen LogP contribution in [0.1, 0.15) is 30.1 Å². The lowest BCUT2D eigenvalue weighted by Crippen LogP contribution is -2.35. The Morgan fingerprint density at radius 3 is 2.79 bits per heavy atom. The van der Waals surface area contributed by atoms with Gasteiger partial charge in [-0.25, -0.2) is 4.79 Å². The number of carbonyl (C=O) groups excluding carboxylic acids is 2. The fourth-order valence-corrected chi connectivity index (χ4v) is 2.25. The zero-order valence-corrected chi connectivity index (χ0v) is 13.8. The number of ether oxygens (including phenoxy) is 3. The van der Waals surface area contributed by atoms with Crippen molar-refractivity contribution >= 4 is 11.9 Å². The number of carbonyl (C=O) groups is 2. The predicted molar refractivity (Wildman–Crippen MR) is 89.0 cm³/mol. The van der Waals surface area contributed by atoms with Crippen LogP contribution in [0.4, 0.5) is 0 Å². The average Bonchev–Trinajstić information content (AvgIpc) is 3.11. The maximum Gasteiger partial charge on any atom is 0.338 e. The first-order valence-electron chi connectivity index (χ1n) is 8.04. The van der Waals surface area contributed by atoms with Crippen LogP contribution in [0.2, 0.25) is 0 Å². The first-order valence-corrected chi connectivity index (χ1v) is 8.04.